The molecule has 0 aliphatic carbocycles. The minimum atomic E-state index is -0.349. The van der Waals surface area contributed by atoms with Crippen molar-refractivity contribution in [1.29, 1.82) is 0 Å². The van der Waals surface area contributed by atoms with Gasteiger partial charge in [-0.15, -0.1) is 0 Å². The second kappa shape index (κ2) is 16.3. The van der Waals surface area contributed by atoms with Gasteiger partial charge in [-0.05, 0) is 42.2 Å². The average Bonchev–Trinajstić information content (AvgIpc) is 3.23. The standard InChI is InChI=1S/C18H25FO.C9H8N2O2.C2H6/c1-5-14(3)8-10-17-16(6-2)15(4)9-11-18(17)20-13-7-12-19;12-8-6-9(13)11(10-8)7-4-2-1-3-5-7;1-2/h6,8-11,14H,2,5,7,12-13H2,1,3-4H3;1-5H,6H2,(H,10,12);1-2H3/b10-8-;;. The molecule has 190 valence electrons. The molecular weight excluding hydrogens is 443 g/mol. The number of ether oxygens (including phenoxy) is 1. The summed E-state index contributed by atoms with van der Waals surface area (Å²) in [6.07, 6.45) is 7.60. The Morgan fingerprint density at radius 1 is 1.14 bits per heavy atom. The number of carbonyl (C=O) groups is 2. The van der Waals surface area contributed by atoms with Gasteiger partial charge in [-0.2, -0.15) is 0 Å². The number of benzene rings is 2. The van der Waals surface area contributed by atoms with Crippen LogP contribution >= 0.6 is 0 Å². The minimum absolute atomic E-state index is 0.0606. The second-order valence-electron chi connectivity index (χ2n) is 7.82. The Labute approximate surface area is 209 Å². The molecule has 1 unspecified atom stereocenters. The first-order valence-electron chi connectivity index (χ1n) is 12.2. The number of aryl methyl sites for hydroxylation is 1. The van der Waals surface area contributed by atoms with Crippen LogP contribution in [-0.4, -0.2) is 25.1 Å². The number of halogens is 1. The van der Waals surface area contributed by atoms with E-state index in [1.807, 2.05) is 50.3 Å². The number of nitrogens with one attached hydrogen (secondary N) is 1. The molecule has 1 aliphatic heterocycles. The number of hydrogen-bond donors (Lipinski definition) is 1. The van der Waals surface area contributed by atoms with Gasteiger partial charge in [0.1, 0.15) is 12.2 Å². The van der Waals surface area contributed by atoms with Crippen molar-refractivity contribution in [3.63, 3.8) is 0 Å². The summed E-state index contributed by atoms with van der Waals surface area (Å²) in [4.78, 5) is 22.1. The highest BCUT2D eigenvalue weighted by Crippen LogP contribution is 2.29. The molecule has 2 aromatic carbocycles. The fourth-order valence-corrected chi connectivity index (χ4v) is 3.16. The second-order valence-corrected chi connectivity index (χ2v) is 7.82. The molecular formula is C29H39FN2O3. The highest BCUT2D eigenvalue weighted by Gasteiger charge is 2.27. The molecule has 0 aromatic heterocycles. The van der Waals surface area contributed by atoms with Crippen molar-refractivity contribution >= 4 is 29.7 Å². The third kappa shape index (κ3) is 9.39. The lowest BCUT2D eigenvalue weighted by atomic mass is 9.98. The smallest absolute Gasteiger partial charge is 0.255 e. The molecule has 0 saturated carbocycles. The van der Waals surface area contributed by atoms with Crippen molar-refractivity contribution in [1.82, 2.24) is 5.43 Å². The molecule has 1 fully saturated rings. The van der Waals surface area contributed by atoms with E-state index in [1.54, 1.807) is 12.1 Å². The van der Waals surface area contributed by atoms with Crippen molar-refractivity contribution in [2.75, 3.05) is 18.3 Å². The average molecular weight is 483 g/mol. The maximum atomic E-state index is 12.2. The van der Waals surface area contributed by atoms with Crippen LogP contribution in [-0.2, 0) is 9.59 Å². The molecule has 35 heavy (non-hydrogen) atoms. The number of alkyl halides is 1. The van der Waals surface area contributed by atoms with Gasteiger partial charge in [0.25, 0.3) is 5.91 Å². The molecule has 1 atom stereocenters. The van der Waals surface area contributed by atoms with Crippen LogP contribution in [0.4, 0.5) is 10.1 Å². The predicted molar refractivity (Wildman–Crippen MR) is 144 cm³/mol. The number of nitrogens with zero attached hydrogens (tertiary/aromatic N) is 1. The fraction of sp³-hybridized carbons (Fsp3) is 0.379. The van der Waals surface area contributed by atoms with Crippen LogP contribution in [0.1, 0.15) is 63.6 Å². The third-order valence-electron chi connectivity index (χ3n) is 5.25. The number of carbonyl (C=O) groups excluding carboxylic acids is 2. The Balaban J connectivity index is 0.000000350. The van der Waals surface area contributed by atoms with Crippen LogP contribution in [0, 0.1) is 12.8 Å². The van der Waals surface area contributed by atoms with Gasteiger partial charge in [0.05, 0.1) is 19.0 Å². The van der Waals surface area contributed by atoms with Crippen LogP contribution in [0.15, 0.2) is 55.1 Å². The largest absolute Gasteiger partial charge is 0.493 e. The lowest BCUT2D eigenvalue weighted by Gasteiger charge is -2.14. The quantitative estimate of drug-likeness (QED) is 0.312. The molecule has 0 radical (unpaired) electrons. The highest BCUT2D eigenvalue weighted by atomic mass is 19.1. The van der Waals surface area contributed by atoms with Gasteiger partial charge < -0.3 is 4.74 Å². The summed E-state index contributed by atoms with van der Waals surface area (Å²) in [7, 11) is 0. The Morgan fingerprint density at radius 3 is 2.37 bits per heavy atom. The molecule has 6 heteroatoms. The predicted octanol–water partition coefficient (Wildman–Crippen LogP) is 6.92. The number of para-hydroxylation sites is 1. The van der Waals surface area contributed by atoms with Crippen molar-refractivity contribution in [2.45, 2.75) is 53.9 Å². The molecule has 1 N–H and O–H groups in total. The van der Waals surface area contributed by atoms with Gasteiger partial charge in [-0.3, -0.25) is 19.4 Å². The lowest BCUT2D eigenvalue weighted by Crippen LogP contribution is -2.35. The molecule has 0 spiro atoms. The van der Waals surface area contributed by atoms with Crippen LogP contribution < -0.4 is 15.2 Å². The number of allylic oxidation sites excluding steroid dienone is 1. The van der Waals surface area contributed by atoms with Crippen molar-refractivity contribution in [2.24, 2.45) is 5.92 Å². The minimum Gasteiger partial charge on any atom is -0.493 e. The van der Waals surface area contributed by atoms with E-state index in [1.165, 1.54) is 10.6 Å². The molecule has 5 nitrogen and oxygen atoms in total. The number of rotatable bonds is 9. The van der Waals surface area contributed by atoms with Gasteiger partial charge in [0.15, 0.2) is 0 Å². The van der Waals surface area contributed by atoms with Gasteiger partial charge in [0.2, 0.25) is 5.91 Å². The Morgan fingerprint density at radius 2 is 1.83 bits per heavy atom. The Hall–Kier alpha value is -3.41. The van der Waals surface area contributed by atoms with E-state index in [2.05, 4.69) is 44.9 Å². The van der Waals surface area contributed by atoms with Crippen molar-refractivity contribution < 1.29 is 18.7 Å². The normalized spacial score (nSPS) is 13.4. The molecule has 0 bridgehead atoms. The maximum absolute atomic E-state index is 12.2. The summed E-state index contributed by atoms with van der Waals surface area (Å²) in [6.45, 7) is 14.3. The zero-order chi connectivity index (χ0) is 26.2. The molecule has 1 aliphatic rings. The van der Waals surface area contributed by atoms with Gasteiger partial charge in [-0.25, -0.2) is 5.01 Å². The summed E-state index contributed by atoms with van der Waals surface area (Å²) < 4.78 is 17.9. The molecule has 3 rings (SSSR count). The van der Waals surface area contributed by atoms with Crippen LogP contribution in [0.2, 0.25) is 0 Å². The summed E-state index contributed by atoms with van der Waals surface area (Å²) in [5.41, 5.74) is 6.45. The summed E-state index contributed by atoms with van der Waals surface area (Å²) in [6, 6.07) is 13.0. The van der Waals surface area contributed by atoms with Gasteiger partial charge >= 0.3 is 0 Å². The number of hydrogen-bond acceptors (Lipinski definition) is 3. The first kappa shape index (κ1) is 29.6. The summed E-state index contributed by atoms with van der Waals surface area (Å²) in [5, 5.41) is 1.27. The van der Waals surface area contributed by atoms with Gasteiger partial charge in [0, 0.05) is 12.0 Å². The van der Waals surface area contributed by atoms with Crippen LogP contribution in [0.5, 0.6) is 5.75 Å². The number of hydrazine groups is 1. The molecule has 2 amide bonds. The summed E-state index contributed by atoms with van der Waals surface area (Å²) >= 11 is 0. The van der Waals surface area contributed by atoms with E-state index in [9.17, 15) is 14.0 Å². The Kier molecular flexibility index (Phi) is 13.8. The first-order chi connectivity index (χ1) is 16.9. The Bertz CT molecular complexity index is 973. The van der Waals surface area contributed by atoms with E-state index >= 15 is 0 Å². The van der Waals surface area contributed by atoms with E-state index in [0.717, 1.165) is 23.3 Å². The zero-order valence-corrected chi connectivity index (χ0v) is 21.6. The monoisotopic (exact) mass is 482 g/mol. The molecule has 2 aromatic rings. The van der Waals surface area contributed by atoms with E-state index in [0.29, 0.717) is 24.6 Å². The van der Waals surface area contributed by atoms with E-state index < -0.39 is 0 Å². The van der Waals surface area contributed by atoms with E-state index in [4.69, 9.17) is 4.74 Å². The van der Waals surface area contributed by atoms with Crippen LogP contribution in [0.3, 0.4) is 0 Å². The summed E-state index contributed by atoms with van der Waals surface area (Å²) in [5.74, 6) is 0.857. The maximum Gasteiger partial charge on any atom is 0.255 e. The SMILES string of the molecule is C=Cc1c(C)ccc(OCCCF)c1/C=C\C(C)CC.CC.O=C1CC(=O)N(c2ccccc2)N1. The number of amides is 2. The van der Waals surface area contributed by atoms with Crippen LogP contribution in [0.25, 0.3) is 12.2 Å². The van der Waals surface area contributed by atoms with Crippen molar-refractivity contribution in [3.05, 3.63) is 71.8 Å². The fourth-order valence-electron chi connectivity index (χ4n) is 3.16. The number of anilines is 1. The lowest BCUT2D eigenvalue weighted by molar-refractivity contribution is -0.122. The third-order valence-corrected chi connectivity index (χ3v) is 5.25. The van der Waals surface area contributed by atoms with Gasteiger partial charge in [-0.1, -0.05) is 83.2 Å². The molecule has 1 saturated heterocycles. The highest BCUT2D eigenvalue weighted by molar-refractivity contribution is 6.11. The van der Waals surface area contributed by atoms with E-state index in [-0.39, 0.29) is 24.9 Å². The van der Waals surface area contributed by atoms with Crippen molar-refractivity contribution in [3.8, 4) is 5.75 Å². The topological polar surface area (TPSA) is 58.6 Å². The first-order valence-corrected chi connectivity index (χ1v) is 12.2. The molecule has 1 heterocycles. The zero-order valence-electron chi connectivity index (χ0n) is 21.6.